The predicted molar refractivity (Wildman–Crippen MR) is 112 cm³/mol. The second-order valence-electron chi connectivity index (χ2n) is 7.17. The fraction of sp³-hybridized carbons (Fsp3) is 0.227. The number of aliphatic hydroxyl groups excluding tert-OH is 3. The zero-order chi connectivity index (χ0) is 22.7. The summed E-state index contributed by atoms with van der Waals surface area (Å²) in [6.07, 6.45) is -3.72. The van der Waals surface area contributed by atoms with Crippen molar-refractivity contribution >= 4 is 11.8 Å². The van der Waals surface area contributed by atoms with Crippen LogP contribution in [-0.4, -0.2) is 55.8 Å². The Bertz CT molecular complexity index is 1130. The van der Waals surface area contributed by atoms with Crippen LogP contribution in [0.4, 0.5) is 5.82 Å². The first kappa shape index (κ1) is 21.7. The Balaban J connectivity index is 1.39. The van der Waals surface area contributed by atoms with Gasteiger partial charge in [-0.3, -0.25) is 4.57 Å². The van der Waals surface area contributed by atoms with Gasteiger partial charge < -0.3 is 24.9 Å². The Morgan fingerprint density at radius 1 is 1.03 bits per heavy atom. The van der Waals surface area contributed by atoms with E-state index in [2.05, 4.69) is 10.5 Å². The number of aliphatic hydroxyl groups is 3. The van der Waals surface area contributed by atoms with Gasteiger partial charge in [0, 0.05) is 12.3 Å². The molecule has 0 unspecified atom stereocenters. The molecular formula is C22H21N3O7. The number of rotatable bonds is 6. The Kier molecular flexibility index (Phi) is 6.28. The highest BCUT2D eigenvalue weighted by Crippen LogP contribution is 2.28. The van der Waals surface area contributed by atoms with Crippen LogP contribution in [0.5, 0.6) is 0 Å². The number of ether oxygens (including phenoxy) is 1. The van der Waals surface area contributed by atoms with Gasteiger partial charge in [-0.15, -0.1) is 0 Å². The van der Waals surface area contributed by atoms with Crippen LogP contribution >= 0.6 is 0 Å². The van der Waals surface area contributed by atoms with E-state index in [1.807, 2.05) is 30.3 Å². The molecule has 4 rings (SSSR count). The number of hydrogen-bond donors (Lipinski definition) is 4. The summed E-state index contributed by atoms with van der Waals surface area (Å²) in [5.41, 5.74) is 3.78. The fourth-order valence-corrected chi connectivity index (χ4v) is 3.36. The van der Waals surface area contributed by atoms with E-state index in [1.165, 1.54) is 12.3 Å². The molecule has 1 aliphatic rings. The molecular weight excluding hydrogens is 418 g/mol. The molecule has 1 aromatic heterocycles. The van der Waals surface area contributed by atoms with Crippen molar-refractivity contribution in [1.29, 1.82) is 0 Å². The molecule has 0 radical (unpaired) electrons. The molecule has 32 heavy (non-hydrogen) atoms. The number of aromatic nitrogens is 2. The minimum atomic E-state index is -1.41. The van der Waals surface area contributed by atoms with E-state index < -0.39 is 42.8 Å². The molecule has 0 saturated carbocycles. The Morgan fingerprint density at radius 2 is 1.72 bits per heavy atom. The van der Waals surface area contributed by atoms with Gasteiger partial charge in [-0.25, -0.2) is 9.59 Å². The number of hydrogen-bond acceptors (Lipinski definition) is 9. The third kappa shape index (κ3) is 4.39. The molecule has 3 aromatic rings. The van der Waals surface area contributed by atoms with Gasteiger partial charge in [0.25, 0.3) is 0 Å². The molecule has 1 saturated heterocycles. The van der Waals surface area contributed by atoms with Gasteiger partial charge in [0.15, 0.2) is 12.0 Å². The second kappa shape index (κ2) is 9.28. The van der Waals surface area contributed by atoms with Gasteiger partial charge in [0.05, 0.1) is 12.2 Å². The van der Waals surface area contributed by atoms with Crippen LogP contribution in [0, 0.1) is 0 Å². The lowest BCUT2D eigenvalue weighted by Gasteiger charge is -2.17. The largest absolute Gasteiger partial charge is 0.394 e. The van der Waals surface area contributed by atoms with Crippen LogP contribution in [0.15, 0.2) is 71.7 Å². The van der Waals surface area contributed by atoms with Gasteiger partial charge in [-0.1, -0.05) is 42.5 Å². The van der Waals surface area contributed by atoms with Crippen molar-refractivity contribution in [3.05, 3.63) is 82.9 Å². The maximum Gasteiger partial charge on any atom is 0.362 e. The monoisotopic (exact) mass is 439 g/mol. The average molecular weight is 439 g/mol. The predicted octanol–water partition coefficient (Wildman–Crippen LogP) is 0.706. The summed E-state index contributed by atoms with van der Waals surface area (Å²) >= 11 is 0. The maximum absolute atomic E-state index is 12.3. The number of benzene rings is 2. The number of carbonyl (C=O) groups is 1. The average Bonchev–Trinajstić information content (AvgIpc) is 3.11. The summed E-state index contributed by atoms with van der Waals surface area (Å²) in [6, 6.07) is 17.9. The Morgan fingerprint density at radius 3 is 2.34 bits per heavy atom. The summed E-state index contributed by atoms with van der Waals surface area (Å²) in [7, 11) is 0. The third-order valence-electron chi connectivity index (χ3n) is 5.10. The molecule has 0 amide bonds. The zero-order valence-corrected chi connectivity index (χ0v) is 16.7. The maximum atomic E-state index is 12.3. The molecule has 2 heterocycles. The first-order valence-electron chi connectivity index (χ1n) is 9.82. The molecule has 4 N–H and O–H groups in total. The first-order valence-corrected chi connectivity index (χ1v) is 9.82. The minimum Gasteiger partial charge on any atom is -0.394 e. The highest BCUT2D eigenvalue weighted by Gasteiger charge is 2.43. The number of anilines is 1. The molecule has 1 fully saturated rings. The number of nitrogens with zero attached hydrogens (tertiary/aromatic N) is 2. The summed E-state index contributed by atoms with van der Waals surface area (Å²) in [6.45, 7) is -0.515. The zero-order valence-electron chi connectivity index (χ0n) is 16.7. The van der Waals surface area contributed by atoms with Gasteiger partial charge >= 0.3 is 11.7 Å². The molecule has 4 atom stereocenters. The van der Waals surface area contributed by atoms with E-state index in [9.17, 15) is 19.8 Å². The lowest BCUT2D eigenvalue weighted by atomic mass is 10.0. The lowest BCUT2D eigenvalue weighted by molar-refractivity contribution is -0.0549. The van der Waals surface area contributed by atoms with Gasteiger partial charge in [-0.2, -0.15) is 10.5 Å². The standard InChI is InChI=1S/C22H21N3O7/c26-12-16-18(27)19(28)20(31-16)25-11-10-17(23-22(25)30)24-32-21(29)15-8-6-14(7-9-15)13-4-2-1-3-5-13/h1-11,16,18-20,26-28H,12H2,(H,23,24,30)/t16-,18-,19-,20-/m1/s1. The van der Waals surface area contributed by atoms with Crippen molar-refractivity contribution < 1.29 is 29.7 Å². The van der Waals surface area contributed by atoms with E-state index in [0.29, 0.717) is 5.56 Å². The Labute approximate surface area is 182 Å². The summed E-state index contributed by atoms with van der Waals surface area (Å²) in [5.74, 6) is -0.703. The summed E-state index contributed by atoms with van der Waals surface area (Å²) < 4.78 is 6.28. The third-order valence-corrected chi connectivity index (χ3v) is 5.10. The molecule has 10 nitrogen and oxygen atoms in total. The molecule has 0 aliphatic carbocycles. The first-order chi connectivity index (χ1) is 15.5. The van der Waals surface area contributed by atoms with Crippen LogP contribution < -0.4 is 11.2 Å². The van der Waals surface area contributed by atoms with E-state index in [1.54, 1.807) is 24.3 Å². The Hall–Kier alpha value is -3.57. The summed E-state index contributed by atoms with van der Waals surface area (Å²) in [4.78, 5) is 33.3. The normalized spacial score (nSPS) is 22.5. The van der Waals surface area contributed by atoms with Crippen molar-refractivity contribution in [2.24, 2.45) is 0 Å². The summed E-state index contributed by atoms with van der Waals surface area (Å²) in [5, 5.41) is 29.0. The van der Waals surface area contributed by atoms with Crippen LogP contribution in [0.25, 0.3) is 11.1 Å². The van der Waals surface area contributed by atoms with Crippen molar-refractivity contribution in [2.45, 2.75) is 24.5 Å². The van der Waals surface area contributed by atoms with Gasteiger partial charge in [0.1, 0.15) is 18.3 Å². The highest BCUT2D eigenvalue weighted by atomic mass is 16.7. The van der Waals surface area contributed by atoms with E-state index in [0.717, 1.165) is 15.7 Å². The van der Waals surface area contributed by atoms with Crippen molar-refractivity contribution in [3.63, 3.8) is 0 Å². The van der Waals surface area contributed by atoms with Crippen LogP contribution in [-0.2, 0) is 9.57 Å². The topological polar surface area (TPSA) is 143 Å². The highest BCUT2D eigenvalue weighted by molar-refractivity contribution is 5.90. The van der Waals surface area contributed by atoms with Gasteiger partial charge in [0.2, 0.25) is 0 Å². The van der Waals surface area contributed by atoms with E-state index in [4.69, 9.17) is 14.7 Å². The smallest absolute Gasteiger partial charge is 0.362 e. The lowest BCUT2D eigenvalue weighted by Crippen LogP contribution is -2.36. The molecule has 1 aliphatic heterocycles. The van der Waals surface area contributed by atoms with Crippen molar-refractivity contribution in [2.75, 3.05) is 12.1 Å². The van der Waals surface area contributed by atoms with E-state index >= 15 is 0 Å². The van der Waals surface area contributed by atoms with Crippen LogP contribution in [0.1, 0.15) is 16.6 Å². The molecule has 10 heteroatoms. The molecule has 0 bridgehead atoms. The van der Waals surface area contributed by atoms with Crippen LogP contribution in [0.2, 0.25) is 0 Å². The number of nitrogens with one attached hydrogen (secondary N) is 1. The van der Waals surface area contributed by atoms with E-state index in [-0.39, 0.29) is 5.82 Å². The molecule has 2 aromatic carbocycles. The second-order valence-corrected chi connectivity index (χ2v) is 7.17. The van der Waals surface area contributed by atoms with Crippen molar-refractivity contribution in [1.82, 2.24) is 9.55 Å². The molecule has 0 spiro atoms. The fourth-order valence-electron chi connectivity index (χ4n) is 3.36. The number of carbonyl (C=O) groups excluding carboxylic acids is 1. The molecule has 166 valence electrons. The van der Waals surface area contributed by atoms with Crippen LogP contribution in [0.3, 0.4) is 0 Å². The van der Waals surface area contributed by atoms with Gasteiger partial charge in [-0.05, 0) is 23.3 Å². The van der Waals surface area contributed by atoms with Crippen molar-refractivity contribution in [3.8, 4) is 11.1 Å². The SMILES string of the molecule is O=C(ONc1ccn([C@@H]2O[C@H](CO)[C@@H](O)[C@H]2O)c(=O)n1)c1ccc(-c2ccccc2)cc1. The minimum absolute atomic E-state index is 0.0350. The quantitative estimate of drug-likeness (QED) is 0.408.